The minimum Gasteiger partial charge on any atom is -0.478 e. The fraction of sp³-hybridized carbons (Fsp3) is 0. The fourth-order valence-electron chi connectivity index (χ4n) is 1.27. The van der Waals surface area contributed by atoms with Crippen LogP contribution in [0.15, 0.2) is 57.5 Å². The van der Waals surface area contributed by atoms with Crippen molar-refractivity contribution in [3.05, 3.63) is 68.6 Å². The van der Waals surface area contributed by atoms with Crippen molar-refractivity contribution in [2.75, 3.05) is 0 Å². The number of carboxylic acids is 2. The first-order valence-electron chi connectivity index (χ1n) is 5.39. The first kappa shape index (κ1) is 19.9. The second-order valence-corrected chi connectivity index (χ2v) is 5.28. The van der Waals surface area contributed by atoms with E-state index in [2.05, 4.69) is 31.9 Å². The fourth-order valence-corrected chi connectivity index (χ4v) is 2.18. The van der Waals surface area contributed by atoms with Crippen LogP contribution < -0.4 is 0 Å². The predicted molar refractivity (Wildman–Crippen MR) is 82.2 cm³/mol. The van der Waals surface area contributed by atoms with Crippen LogP contribution >= 0.6 is 31.9 Å². The quantitative estimate of drug-likeness (QED) is 0.661. The number of carboxylic acid groups (broad SMARTS) is 2. The van der Waals surface area contributed by atoms with Crippen molar-refractivity contribution in [2.24, 2.45) is 0 Å². The molecule has 0 aliphatic rings. The number of carbonyl (C=O) groups is 2. The van der Waals surface area contributed by atoms with Crippen molar-refractivity contribution < 1.29 is 36.9 Å². The number of hydrogen-bond acceptors (Lipinski definition) is 2. The van der Waals surface area contributed by atoms with E-state index in [0.29, 0.717) is 20.1 Å². The summed E-state index contributed by atoms with van der Waals surface area (Å²) in [6, 6.07) is 13.4. The second kappa shape index (κ2) is 9.73. The zero-order valence-corrected chi connectivity index (χ0v) is 14.8. The van der Waals surface area contributed by atoms with E-state index < -0.39 is 11.9 Å². The van der Waals surface area contributed by atoms with E-state index in [9.17, 15) is 9.59 Å². The maximum atomic E-state index is 10.4. The molecule has 0 saturated heterocycles. The van der Waals surface area contributed by atoms with E-state index in [4.69, 9.17) is 10.2 Å². The van der Waals surface area contributed by atoms with Crippen LogP contribution in [0, 0.1) is 0 Å². The van der Waals surface area contributed by atoms with Crippen molar-refractivity contribution in [2.45, 2.75) is 0 Å². The van der Waals surface area contributed by atoms with Crippen LogP contribution in [0.5, 0.6) is 0 Å². The monoisotopic (exact) mass is 455 g/mol. The van der Waals surface area contributed by atoms with Crippen LogP contribution in [-0.4, -0.2) is 22.2 Å². The molecule has 2 rings (SSSR count). The van der Waals surface area contributed by atoms with Gasteiger partial charge in [-0.25, -0.2) is 9.59 Å². The van der Waals surface area contributed by atoms with E-state index in [-0.39, 0.29) is 17.1 Å². The van der Waals surface area contributed by atoms with Crippen molar-refractivity contribution in [1.82, 2.24) is 0 Å². The summed E-state index contributed by atoms with van der Waals surface area (Å²) < 4.78 is 1.23. The van der Waals surface area contributed by atoms with Crippen LogP contribution in [0.2, 0.25) is 0 Å². The van der Waals surface area contributed by atoms with E-state index in [1.807, 2.05) is 0 Å². The third-order valence-corrected chi connectivity index (χ3v) is 3.59. The summed E-state index contributed by atoms with van der Waals surface area (Å²) >= 11 is 6.23. The molecule has 0 bridgehead atoms. The number of benzene rings is 2. The van der Waals surface area contributed by atoms with Gasteiger partial charge in [0.15, 0.2) is 0 Å². The number of rotatable bonds is 2. The third kappa shape index (κ3) is 6.44. The molecule has 0 atom stereocenters. The van der Waals surface area contributed by atoms with Gasteiger partial charge in [0, 0.05) is 26.0 Å². The van der Waals surface area contributed by atoms with Crippen molar-refractivity contribution in [3.63, 3.8) is 0 Å². The normalized spacial score (nSPS) is 8.86. The van der Waals surface area contributed by atoms with Crippen LogP contribution in [0.4, 0.5) is 0 Å². The molecule has 0 saturated carbocycles. The average molecular weight is 457 g/mol. The number of hydrogen-bond donors (Lipinski definition) is 2. The van der Waals surface area contributed by atoms with Gasteiger partial charge in [-0.2, -0.15) is 0 Å². The maximum absolute atomic E-state index is 10.4. The Morgan fingerprint density at radius 2 is 1.00 bits per heavy atom. The molecule has 0 unspecified atom stereocenters. The van der Waals surface area contributed by atoms with Gasteiger partial charge in [-0.15, -0.1) is 0 Å². The van der Waals surface area contributed by atoms with Crippen LogP contribution in [-0.2, 0) is 17.1 Å². The molecular weight excluding hydrogens is 447 g/mol. The Labute approximate surface area is 148 Å². The molecule has 0 aliphatic carbocycles. The molecule has 1 radical (unpaired) electrons. The summed E-state index contributed by atoms with van der Waals surface area (Å²) in [4.78, 5) is 20.8. The van der Waals surface area contributed by atoms with Crippen LogP contribution in [0.3, 0.4) is 0 Å². The standard InChI is InChI=1S/2C7H5BrO2.Mn/c2*8-6-4-2-1-3-5(6)7(9)10;/h2*1-4H,(H,9,10);. The molecule has 111 valence electrons. The predicted octanol–water partition coefficient (Wildman–Crippen LogP) is 4.29. The summed E-state index contributed by atoms with van der Waals surface area (Å²) in [5.41, 5.74) is 0.588. The molecule has 7 heteroatoms. The van der Waals surface area contributed by atoms with Crippen molar-refractivity contribution >= 4 is 43.8 Å². The van der Waals surface area contributed by atoms with Gasteiger partial charge in [-0.05, 0) is 56.1 Å². The molecule has 4 nitrogen and oxygen atoms in total. The van der Waals surface area contributed by atoms with Gasteiger partial charge in [-0.3, -0.25) is 0 Å². The SMILES string of the molecule is O=C(O)c1ccccc1Br.O=C(O)c1ccccc1Br.[Mn]. The molecule has 0 fully saturated rings. The Bertz CT molecular complexity index is 576. The molecular formula is C14H10Br2MnO4. The summed E-state index contributed by atoms with van der Waals surface area (Å²) in [5.74, 6) is -1.82. The Kier molecular flexibility index (Phi) is 9.21. The van der Waals surface area contributed by atoms with Gasteiger partial charge in [-0.1, -0.05) is 24.3 Å². The van der Waals surface area contributed by atoms with Gasteiger partial charge >= 0.3 is 11.9 Å². The van der Waals surface area contributed by atoms with Gasteiger partial charge in [0.05, 0.1) is 11.1 Å². The second-order valence-electron chi connectivity index (χ2n) is 3.57. The topological polar surface area (TPSA) is 74.6 Å². The Morgan fingerprint density at radius 1 is 0.714 bits per heavy atom. The largest absolute Gasteiger partial charge is 0.478 e. The Morgan fingerprint density at radius 3 is 1.19 bits per heavy atom. The summed E-state index contributed by atoms with van der Waals surface area (Å²) in [5, 5.41) is 17.1. The zero-order chi connectivity index (χ0) is 15.1. The number of halogens is 2. The smallest absolute Gasteiger partial charge is 0.336 e. The molecule has 21 heavy (non-hydrogen) atoms. The van der Waals surface area contributed by atoms with Gasteiger partial charge in [0.2, 0.25) is 0 Å². The minimum absolute atomic E-state index is 0. The number of aromatic carboxylic acids is 2. The molecule has 0 aliphatic heterocycles. The summed E-state index contributed by atoms with van der Waals surface area (Å²) in [7, 11) is 0. The minimum atomic E-state index is -0.910. The van der Waals surface area contributed by atoms with Crippen molar-refractivity contribution in [3.8, 4) is 0 Å². The molecule has 2 N–H and O–H groups in total. The molecule has 0 heterocycles. The Hall–Kier alpha value is -1.14. The third-order valence-electron chi connectivity index (χ3n) is 2.21. The van der Waals surface area contributed by atoms with Gasteiger partial charge in [0.1, 0.15) is 0 Å². The van der Waals surface area contributed by atoms with E-state index in [0.717, 1.165) is 0 Å². The summed E-state index contributed by atoms with van der Waals surface area (Å²) in [6.07, 6.45) is 0. The van der Waals surface area contributed by atoms with E-state index in [1.165, 1.54) is 0 Å². The van der Waals surface area contributed by atoms with E-state index in [1.54, 1.807) is 48.5 Å². The van der Waals surface area contributed by atoms with Crippen molar-refractivity contribution in [1.29, 1.82) is 0 Å². The molecule has 0 amide bonds. The van der Waals surface area contributed by atoms with Crippen LogP contribution in [0.1, 0.15) is 20.7 Å². The molecule has 2 aromatic rings. The van der Waals surface area contributed by atoms with Crippen LogP contribution in [0.25, 0.3) is 0 Å². The molecule has 0 spiro atoms. The first-order valence-corrected chi connectivity index (χ1v) is 6.97. The maximum Gasteiger partial charge on any atom is 0.336 e. The zero-order valence-electron chi connectivity index (χ0n) is 10.5. The Balaban J connectivity index is 0.000000364. The average Bonchev–Trinajstić information content (AvgIpc) is 2.40. The molecule has 2 aromatic carbocycles. The van der Waals surface area contributed by atoms with E-state index >= 15 is 0 Å². The summed E-state index contributed by atoms with van der Waals surface area (Å²) in [6.45, 7) is 0. The van der Waals surface area contributed by atoms with Gasteiger partial charge in [0.25, 0.3) is 0 Å². The first-order chi connectivity index (χ1) is 9.43. The molecule has 0 aromatic heterocycles. The van der Waals surface area contributed by atoms with Gasteiger partial charge < -0.3 is 10.2 Å².